The number of ether oxygens (including phenoxy) is 1. The molecule has 1 saturated heterocycles. The molecule has 1 unspecified atom stereocenters. The van der Waals surface area contributed by atoms with E-state index >= 15 is 0 Å². The normalized spacial score (nSPS) is 22.8. The second-order valence-corrected chi connectivity index (χ2v) is 4.00. The number of nitrogens with one attached hydrogen (secondary N) is 1. The van der Waals surface area contributed by atoms with E-state index in [0.717, 1.165) is 38.2 Å². The average molecular weight is 213 g/mol. The molecular formula is C11H23N3O. The molecule has 1 atom stereocenters. The van der Waals surface area contributed by atoms with Crippen LogP contribution in [-0.4, -0.2) is 25.1 Å². The lowest BCUT2D eigenvalue weighted by Crippen LogP contribution is -2.32. The summed E-state index contributed by atoms with van der Waals surface area (Å²) in [5, 5.41) is 0. The molecule has 3 N–H and O–H groups in total. The van der Waals surface area contributed by atoms with E-state index in [1.165, 1.54) is 19.3 Å². The summed E-state index contributed by atoms with van der Waals surface area (Å²) in [4.78, 5) is 4.37. The van der Waals surface area contributed by atoms with Gasteiger partial charge < -0.3 is 10.2 Å². The second kappa shape index (κ2) is 7.65. The lowest BCUT2D eigenvalue weighted by molar-refractivity contribution is 0.0124. The van der Waals surface area contributed by atoms with Crippen LogP contribution in [0.4, 0.5) is 0 Å². The molecule has 0 saturated carbocycles. The summed E-state index contributed by atoms with van der Waals surface area (Å²) in [5.74, 6) is 6.32. The van der Waals surface area contributed by atoms with Gasteiger partial charge in [-0.15, -0.1) is 0 Å². The third-order valence-corrected chi connectivity index (χ3v) is 2.67. The molecule has 0 aromatic carbocycles. The number of hydrazine groups is 1. The molecule has 0 aliphatic carbocycles. The third kappa shape index (κ3) is 5.14. The van der Waals surface area contributed by atoms with Crippen LogP contribution in [0.1, 0.15) is 45.4 Å². The van der Waals surface area contributed by atoms with E-state index in [4.69, 9.17) is 10.6 Å². The van der Waals surface area contributed by atoms with Crippen LogP contribution in [0.25, 0.3) is 0 Å². The van der Waals surface area contributed by atoms with Crippen molar-refractivity contribution in [1.82, 2.24) is 5.43 Å². The Morgan fingerprint density at radius 1 is 1.53 bits per heavy atom. The molecule has 1 fully saturated rings. The van der Waals surface area contributed by atoms with Crippen molar-refractivity contribution in [3.05, 3.63) is 0 Å². The van der Waals surface area contributed by atoms with E-state index in [-0.39, 0.29) is 0 Å². The van der Waals surface area contributed by atoms with Crippen LogP contribution >= 0.6 is 0 Å². The number of aliphatic imine (C=N–C) groups is 1. The first-order chi connectivity index (χ1) is 7.36. The molecule has 0 radical (unpaired) electrons. The minimum absolute atomic E-state index is 0.416. The predicted octanol–water partition coefficient (Wildman–Crippen LogP) is 1.61. The summed E-state index contributed by atoms with van der Waals surface area (Å²) < 4.78 is 5.65. The van der Waals surface area contributed by atoms with Gasteiger partial charge in [-0.1, -0.05) is 6.92 Å². The number of hydrogen-bond donors (Lipinski definition) is 2. The predicted molar refractivity (Wildman–Crippen MR) is 62.7 cm³/mol. The summed E-state index contributed by atoms with van der Waals surface area (Å²) in [6.45, 7) is 3.88. The van der Waals surface area contributed by atoms with Crippen molar-refractivity contribution in [3.63, 3.8) is 0 Å². The molecule has 4 nitrogen and oxygen atoms in total. The lowest BCUT2D eigenvalue weighted by atomic mass is 10.0. The molecule has 1 heterocycles. The fourth-order valence-corrected chi connectivity index (χ4v) is 1.78. The Hall–Kier alpha value is -0.610. The van der Waals surface area contributed by atoms with Crippen LogP contribution in [-0.2, 0) is 4.74 Å². The second-order valence-electron chi connectivity index (χ2n) is 4.00. The average Bonchev–Trinajstić information content (AvgIpc) is 2.31. The number of amidine groups is 1. The quantitative estimate of drug-likeness (QED) is 0.316. The number of nitrogens with zero attached hydrogens (tertiary/aromatic N) is 1. The first kappa shape index (κ1) is 12.5. The fourth-order valence-electron chi connectivity index (χ4n) is 1.78. The maximum atomic E-state index is 5.65. The van der Waals surface area contributed by atoms with Gasteiger partial charge in [-0.2, -0.15) is 0 Å². The summed E-state index contributed by atoms with van der Waals surface area (Å²) in [5.41, 5.74) is 2.67. The maximum absolute atomic E-state index is 5.65. The Kier molecular flexibility index (Phi) is 6.36. The minimum atomic E-state index is 0.416. The molecule has 88 valence electrons. The van der Waals surface area contributed by atoms with E-state index in [9.17, 15) is 0 Å². The summed E-state index contributed by atoms with van der Waals surface area (Å²) in [6, 6.07) is 0. The van der Waals surface area contributed by atoms with E-state index in [2.05, 4.69) is 17.3 Å². The molecule has 4 heteroatoms. The molecule has 0 amide bonds. The summed E-state index contributed by atoms with van der Waals surface area (Å²) in [7, 11) is 0. The zero-order valence-electron chi connectivity index (χ0n) is 9.67. The van der Waals surface area contributed by atoms with Gasteiger partial charge in [0.15, 0.2) is 0 Å². The van der Waals surface area contributed by atoms with Crippen molar-refractivity contribution in [3.8, 4) is 0 Å². The van der Waals surface area contributed by atoms with Crippen molar-refractivity contribution < 1.29 is 4.74 Å². The van der Waals surface area contributed by atoms with E-state index in [1.54, 1.807) is 0 Å². The van der Waals surface area contributed by atoms with Gasteiger partial charge in [0.2, 0.25) is 0 Å². The topological polar surface area (TPSA) is 59.6 Å². The molecular weight excluding hydrogens is 190 g/mol. The molecule has 0 spiro atoms. The molecule has 1 aliphatic rings. The van der Waals surface area contributed by atoms with Gasteiger partial charge in [0.25, 0.3) is 0 Å². The zero-order chi connectivity index (χ0) is 10.9. The highest BCUT2D eigenvalue weighted by Crippen LogP contribution is 2.16. The Bertz CT molecular complexity index is 188. The van der Waals surface area contributed by atoms with Crippen LogP contribution in [0.3, 0.4) is 0 Å². The van der Waals surface area contributed by atoms with Gasteiger partial charge in [0.05, 0.1) is 6.10 Å². The SMILES string of the molecule is CCCN=C(CCC1CCCCO1)NN. The third-order valence-electron chi connectivity index (χ3n) is 2.67. The van der Waals surface area contributed by atoms with E-state index in [0.29, 0.717) is 6.10 Å². The van der Waals surface area contributed by atoms with Gasteiger partial charge in [-0.3, -0.25) is 4.99 Å². The van der Waals surface area contributed by atoms with Gasteiger partial charge in [-0.05, 0) is 32.1 Å². The van der Waals surface area contributed by atoms with Crippen molar-refractivity contribution in [2.45, 2.75) is 51.6 Å². The monoisotopic (exact) mass is 213 g/mol. The van der Waals surface area contributed by atoms with Gasteiger partial charge in [0.1, 0.15) is 5.84 Å². The Labute approximate surface area is 92.3 Å². The Morgan fingerprint density at radius 3 is 3.00 bits per heavy atom. The van der Waals surface area contributed by atoms with Gasteiger partial charge >= 0.3 is 0 Å². The van der Waals surface area contributed by atoms with Crippen LogP contribution in [0.2, 0.25) is 0 Å². The smallest absolute Gasteiger partial charge is 0.110 e. The van der Waals surface area contributed by atoms with Crippen molar-refractivity contribution in [1.29, 1.82) is 0 Å². The van der Waals surface area contributed by atoms with Crippen molar-refractivity contribution in [2.75, 3.05) is 13.2 Å². The van der Waals surface area contributed by atoms with Gasteiger partial charge in [-0.25, -0.2) is 5.84 Å². The van der Waals surface area contributed by atoms with Crippen LogP contribution in [0.15, 0.2) is 4.99 Å². The number of nitrogens with two attached hydrogens (primary N) is 1. The molecule has 0 aromatic rings. The Balaban J connectivity index is 2.20. The minimum Gasteiger partial charge on any atom is -0.378 e. The Morgan fingerprint density at radius 2 is 2.40 bits per heavy atom. The van der Waals surface area contributed by atoms with Crippen LogP contribution in [0, 0.1) is 0 Å². The van der Waals surface area contributed by atoms with E-state index in [1.807, 2.05) is 0 Å². The lowest BCUT2D eigenvalue weighted by Gasteiger charge is -2.22. The zero-order valence-corrected chi connectivity index (χ0v) is 9.67. The summed E-state index contributed by atoms with van der Waals surface area (Å²) >= 11 is 0. The van der Waals surface area contributed by atoms with Gasteiger partial charge in [0, 0.05) is 19.6 Å². The first-order valence-corrected chi connectivity index (χ1v) is 5.98. The maximum Gasteiger partial charge on any atom is 0.110 e. The van der Waals surface area contributed by atoms with E-state index < -0.39 is 0 Å². The standard InChI is InChI=1S/C11H23N3O/c1-2-8-13-11(14-12)7-6-10-5-3-4-9-15-10/h10H,2-9,12H2,1H3,(H,13,14). The molecule has 0 aromatic heterocycles. The molecule has 1 aliphatic heterocycles. The molecule has 1 rings (SSSR count). The number of rotatable bonds is 5. The summed E-state index contributed by atoms with van der Waals surface area (Å²) in [6.07, 6.45) is 7.11. The van der Waals surface area contributed by atoms with Crippen molar-refractivity contribution >= 4 is 5.84 Å². The highest BCUT2D eigenvalue weighted by atomic mass is 16.5. The molecule has 0 bridgehead atoms. The fraction of sp³-hybridized carbons (Fsp3) is 0.909. The van der Waals surface area contributed by atoms with Crippen molar-refractivity contribution in [2.24, 2.45) is 10.8 Å². The van der Waals surface area contributed by atoms with Crippen LogP contribution in [0.5, 0.6) is 0 Å². The highest BCUT2D eigenvalue weighted by molar-refractivity contribution is 5.81. The first-order valence-electron chi connectivity index (χ1n) is 5.98. The highest BCUT2D eigenvalue weighted by Gasteiger charge is 2.14. The van der Waals surface area contributed by atoms with Crippen LogP contribution < -0.4 is 11.3 Å². The largest absolute Gasteiger partial charge is 0.378 e. The molecule has 15 heavy (non-hydrogen) atoms. The number of hydrogen-bond acceptors (Lipinski definition) is 3.